The minimum Gasteiger partial charge on any atom is -0.491 e. The van der Waals surface area contributed by atoms with Crippen molar-refractivity contribution in [1.29, 1.82) is 0 Å². The van der Waals surface area contributed by atoms with E-state index in [9.17, 15) is 4.79 Å². The van der Waals surface area contributed by atoms with Crippen molar-refractivity contribution in [2.45, 2.75) is 30.6 Å². The zero-order valence-corrected chi connectivity index (χ0v) is 21.5. The van der Waals surface area contributed by atoms with Gasteiger partial charge in [-0.1, -0.05) is 78.9 Å². The summed E-state index contributed by atoms with van der Waals surface area (Å²) < 4.78 is 5.80. The smallest absolute Gasteiger partial charge is 0.237 e. The van der Waals surface area contributed by atoms with E-state index >= 15 is 0 Å². The van der Waals surface area contributed by atoms with Crippen LogP contribution in [-0.4, -0.2) is 67.8 Å². The molecule has 1 fully saturated rings. The fourth-order valence-corrected chi connectivity index (χ4v) is 5.53. The molecule has 3 aromatic rings. The maximum absolute atomic E-state index is 13.9. The molecule has 36 heavy (non-hydrogen) atoms. The van der Waals surface area contributed by atoms with Gasteiger partial charge in [-0.3, -0.25) is 4.79 Å². The first-order valence-electron chi connectivity index (χ1n) is 12.9. The predicted octanol–water partition coefficient (Wildman–Crippen LogP) is 4.70. The standard InChI is InChI=1S/C31H38N2O3/c1-32(2)30(35)31(26-11-5-3-6-12-26,27-13-7-4-8-14-27)19-22-33-20-17-25(18-21-33)28-15-9-10-16-29(28)36-24-23-34/h3-16,25,34H,17-24H2,1-2H3. The van der Waals surface area contributed by atoms with E-state index < -0.39 is 5.41 Å². The third-order valence-corrected chi connectivity index (χ3v) is 7.40. The molecular formula is C31H38N2O3. The van der Waals surface area contributed by atoms with E-state index in [1.54, 1.807) is 4.90 Å². The number of likely N-dealkylation sites (N-methyl/N-ethyl adjacent to an activating group) is 1. The van der Waals surface area contributed by atoms with Gasteiger partial charge in [0.05, 0.1) is 6.61 Å². The monoisotopic (exact) mass is 486 g/mol. The van der Waals surface area contributed by atoms with Gasteiger partial charge in [-0.15, -0.1) is 0 Å². The quantitative estimate of drug-likeness (QED) is 0.451. The van der Waals surface area contributed by atoms with Crippen molar-refractivity contribution in [2.75, 3.05) is 46.9 Å². The topological polar surface area (TPSA) is 53.0 Å². The van der Waals surface area contributed by atoms with Crippen molar-refractivity contribution in [3.8, 4) is 5.75 Å². The second-order valence-corrected chi connectivity index (χ2v) is 9.81. The number of hydrogen-bond donors (Lipinski definition) is 1. The highest BCUT2D eigenvalue weighted by Gasteiger charge is 2.43. The summed E-state index contributed by atoms with van der Waals surface area (Å²) in [6.45, 7) is 3.14. The maximum atomic E-state index is 13.9. The third-order valence-electron chi connectivity index (χ3n) is 7.40. The number of carbonyl (C=O) groups excluding carboxylic acids is 1. The minimum atomic E-state index is -0.729. The van der Waals surface area contributed by atoms with Gasteiger partial charge in [-0.25, -0.2) is 0 Å². The highest BCUT2D eigenvalue weighted by molar-refractivity contribution is 5.91. The predicted molar refractivity (Wildman–Crippen MR) is 144 cm³/mol. The number of hydrogen-bond acceptors (Lipinski definition) is 4. The number of benzene rings is 3. The largest absolute Gasteiger partial charge is 0.491 e. The van der Waals surface area contributed by atoms with Crippen LogP contribution in [0.4, 0.5) is 0 Å². The molecule has 0 spiro atoms. The molecule has 0 aromatic heterocycles. The van der Waals surface area contributed by atoms with Gasteiger partial charge in [-0.05, 0) is 67.6 Å². The van der Waals surface area contributed by atoms with Gasteiger partial charge in [0.25, 0.3) is 0 Å². The van der Waals surface area contributed by atoms with Gasteiger partial charge in [0.2, 0.25) is 5.91 Å². The van der Waals surface area contributed by atoms with Crippen LogP contribution in [0.5, 0.6) is 5.75 Å². The second-order valence-electron chi connectivity index (χ2n) is 9.81. The highest BCUT2D eigenvalue weighted by atomic mass is 16.5. The molecule has 0 radical (unpaired) electrons. The van der Waals surface area contributed by atoms with Crippen molar-refractivity contribution >= 4 is 5.91 Å². The first-order chi connectivity index (χ1) is 17.6. The Morgan fingerprint density at radius 2 is 1.47 bits per heavy atom. The first kappa shape index (κ1) is 25.9. The number of rotatable bonds is 10. The molecule has 0 bridgehead atoms. The van der Waals surface area contributed by atoms with Crippen LogP contribution in [0.1, 0.15) is 41.9 Å². The lowest BCUT2D eigenvalue weighted by Crippen LogP contribution is -2.47. The number of piperidine rings is 1. The number of carbonyl (C=O) groups is 1. The summed E-state index contributed by atoms with van der Waals surface area (Å²) in [6.07, 6.45) is 2.81. The summed E-state index contributed by atoms with van der Waals surface area (Å²) in [5, 5.41) is 9.17. The molecule has 1 amide bonds. The summed E-state index contributed by atoms with van der Waals surface area (Å²) in [5.74, 6) is 1.44. The Bertz CT molecular complexity index is 1050. The average molecular weight is 487 g/mol. The summed E-state index contributed by atoms with van der Waals surface area (Å²) >= 11 is 0. The van der Waals surface area contributed by atoms with Crippen molar-refractivity contribution in [3.63, 3.8) is 0 Å². The van der Waals surface area contributed by atoms with Crippen LogP contribution < -0.4 is 4.74 Å². The lowest BCUT2D eigenvalue weighted by Gasteiger charge is -2.39. The number of amides is 1. The average Bonchev–Trinajstić information content (AvgIpc) is 2.94. The molecule has 0 saturated carbocycles. The molecule has 1 aliphatic rings. The summed E-state index contributed by atoms with van der Waals surface area (Å²) in [7, 11) is 3.70. The second kappa shape index (κ2) is 12.2. The number of para-hydroxylation sites is 1. The Morgan fingerprint density at radius 3 is 2.03 bits per heavy atom. The van der Waals surface area contributed by atoms with Crippen LogP contribution in [-0.2, 0) is 10.2 Å². The van der Waals surface area contributed by atoms with Crippen molar-refractivity contribution < 1.29 is 14.6 Å². The Balaban J connectivity index is 1.52. The zero-order chi connectivity index (χ0) is 25.4. The molecular weight excluding hydrogens is 448 g/mol. The molecule has 1 N–H and O–H groups in total. The molecule has 0 unspecified atom stereocenters. The van der Waals surface area contributed by atoms with Crippen molar-refractivity contribution in [3.05, 3.63) is 102 Å². The van der Waals surface area contributed by atoms with Gasteiger partial charge in [0, 0.05) is 14.1 Å². The Hall–Kier alpha value is -3.15. The zero-order valence-electron chi connectivity index (χ0n) is 21.5. The molecule has 1 heterocycles. The van der Waals surface area contributed by atoms with Crippen LogP contribution in [0.25, 0.3) is 0 Å². The number of nitrogens with zero attached hydrogens (tertiary/aromatic N) is 2. The molecule has 190 valence electrons. The fourth-order valence-electron chi connectivity index (χ4n) is 5.53. The number of aliphatic hydroxyl groups is 1. The Morgan fingerprint density at radius 1 is 0.917 bits per heavy atom. The summed E-state index contributed by atoms with van der Waals surface area (Å²) in [5.41, 5.74) is 2.59. The minimum absolute atomic E-state index is 0.0169. The molecule has 4 rings (SSSR count). The van der Waals surface area contributed by atoms with E-state index in [1.807, 2.05) is 62.6 Å². The number of aliphatic hydroxyl groups excluding tert-OH is 1. The van der Waals surface area contributed by atoms with Crippen LogP contribution in [0.3, 0.4) is 0 Å². The summed E-state index contributed by atoms with van der Waals surface area (Å²) in [6, 6.07) is 28.7. The van der Waals surface area contributed by atoms with Gasteiger partial charge < -0.3 is 19.6 Å². The van der Waals surface area contributed by atoms with Crippen LogP contribution in [0, 0.1) is 0 Å². The fraction of sp³-hybridized carbons (Fsp3) is 0.387. The molecule has 5 heteroatoms. The van der Waals surface area contributed by atoms with E-state index in [-0.39, 0.29) is 12.5 Å². The Kier molecular flexibility index (Phi) is 8.79. The van der Waals surface area contributed by atoms with E-state index in [1.165, 1.54) is 5.56 Å². The Labute approximate surface area is 215 Å². The molecule has 1 aliphatic heterocycles. The van der Waals surface area contributed by atoms with Gasteiger partial charge >= 0.3 is 0 Å². The van der Waals surface area contributed by atoms with Crippen LogP contribution >= 0.6 is 0 Å². The summed E-state index contributed by atoms with van der Waals surface area (Å²) in [4.78, 5) is 18.1. The van der Waals surface area contributed by atoms with E-state index in [0.29, 0.717) is 12.5 Å². The SMILES string of the molecule is CN(C)C(=O)C(CCN1CCC(c2ccccc2OCCO)CC1)(c1ccccc1)c1ccccc1. The van der Waals surface area contributed by atoms with Crippen molar-refractivity contribution in [2.24, 2.45) is 0 Å². The molecule has 5 nitrogen and oxygen atoms in total. The normalized spacial score (nSPS) is 15.0. The van der Waals surface area contributed by atoms with Gasteiger partial charge in [0.1, 0.15) is 17.8 Å². The molecule has 0 atom stereocenters. The highest BCUT2D eigenvalue weighted by Crippen LogP contribution is 2.39. The third kappa shape index (κ3) is 5.63. The molecule has 0 aliphatic carbocycles. The molecule has 1 saturated heterocycles. The van der Waals surface area contributed by atoms with Gasteiger partial charge in [-0.2, -0.15) is 0 Å². The number of ether oxygens (including phenoxy) is 1. The number of likely N-dealkylation sites (tertiary alicyclic amines) is 1. The van der Waals surface area contributed by atoms with Gasteiger partial charge in [0.15, 0.2) is 0 Å². The van der Waals surface area contributed by atoms with E-state index in [0.717, 1.165) is 55.8 Å². The van der Waals surface area contributed by atoms with Crippen LogP contribution in [0.15, 0.2) is 84.9 Å². The lowest BCUT2D eigenvalue weighted by molar-refractivity contribution is -0.133. The maximum Gasteiger partial charge on any atom is 0.237 e. The van der Waals surface area contributed by atoms with Crippen LogP contribution in [0.2, 0.25) is 0 Å². The first-order valence-corrected chi connectivity index (χ1v) is 12.9. The van der Waals surface area contributed by atoms with E-state index in [4.69, 9.17) is 9.84 Å². The van der Waals surface area contributed by atoms with E-state index in [2.05, 4.69) is 41.3 Å². The molecule has 3 aromatic carbocycles. The van der Waals surface area contributed by atoms with Crippen molar-refractivity contribution in [1.82, 2.24) is 9.80 Å². The lowest BCUT2D eigenvalue weighted by atomic mass is 9.70.